The Morgan fingerprint density at radius 1 is 1.23 bits per heavy atom. The molecule has 120 valence electrons. The molecule has 0 unspecified atom stereocenters. The van der Waals surface area contributed by atoms with Crippen molar-refractivity contribution in [3.8, 4) is 11.4 Å². The average Bonchev–Trinajstić information content (AvgIpc) is 2.85. The fourth-order valence-electron chi connectivity index (χ4n) is 1.71. The molecule has 1 heterocycles. The second-order valence-electron chi connectivity index (χ2n) is 4.64. The molecular weight excluding hydrogens is 323 g/mol. The number of rotatable bonds is 4. The number of hydrogen-bond acceptors (Lipinski definition) is 5. The van der Waals surface area contributed by atoms with E-state index in [-0.39, 0.29) is 11.7 Å². The zero-order valence-electron chi connectivity index (χ0n) is 11.5. The molecule has 0 saturated heterocycles. The van der Waals surface area contributed by atoms with E-state index < -0.39 is 27.8 Å². The quantitative estimate of drug-likeness (QED) is 0.927. The highest BCUT2D eigenvalue weighted by atomic mass is 32.2. The molecule has 2 aromatic rings. The monoisotopic (exact) mass is 335 g/mol. The number of halogens is 3. The summed E-state index contributed by atoms with van der Waals surface area (Å²) >= 11 is 0. The van der Waals surface area contributed by atoms with Crippen LogP contribution in [0.5, 0.6) is 0 Å². The molecule has 0 spiro atoms. The number of sulfonamides is 1. The third kappa shape index (κ3) is 4.04. The predicted octanol–water partition coefficient (Wildman–Crippen LogP) is 2.37. The summed E-state index contributed by atoms with van der Waals surface area (Å²) < 4.78 is 66.8. The van der Waals surface area contributed by atoms with Gasteiger partial charge in [-0.1, -0.05) is 17.3 Å². The first kappa shape index (κ1) is 16.4. The van der Waals surface area contributed by atoms with E-state index in [0.717, 1.165) is 18.4 Å². The van der Waals surface area contributed by atoms with E-state index in [1.165, 1.54) is 19.1 Å². The van der Waals surface area contributed by atoms with Gasteiger partial charge in [-0.05, 0) is 19.1 Å². The number of hydrogen-bond donors (Lipinski definition) is 1. The van der Waals surface area contributed by atoms with Crippen molar-refractivity contribution >= 4 is 10.0 Å². The van der Waals surface area contributed by atoms with Gasteiger partial charge in [0.05, 0.1) is 17.9 Å². The largest absolute Gasteiger partial charge is 0.416 e. The van der Waals surface area contributed by atoms with Crippen LogP contribution in [0.3, 0.4) is 0 Å². The van der Waals surface area contributed by atoms with E-state index in [0.29, 0.717) is 5.56 Å². The lowest BCUT2D eigenvalue weighted by Gasteiger charge is -2.06. The van der Waals surface area contributed by atoms with Gasteiger partial charge in [0.25, 0.3) is 0 Å². The molecule has 0 saturated carbocycles. The van der Waals surface area contributed by atoms with Gasteiger partial charge in [0, 0.05) is 5.56 Å². The molecule has 0 aliphatic heterocycles. The Hall–Kier alpha value is -1.94. The molecule has 0 aliphatic carbocycles. The van der Waals surface area contributed by atoms with Crippen LogP contribution in [-0.2, 0) is 16.2 Å². The molecule has 2 rings (SSSR count). The lowest BCUT2D eigenvalue weighted by molar-refractivity contribution is -0.137. The zero-order chi connectivity index (χ0) is 16.5. The van der Waals surface area contributed by atoms with E-state index in [1.54, 1.807) is 0 Å². The van der Waals surface area contributed by atoms with Crippen LogP contribution in [0.2, 0.25) is 0 Å². The molecule has 0 amide bonds. The van der Waals surface area contributed by atoms with Gasteiger partial charge in [0.1, 0.15) is 0 Å². The Morgan fingerprint density at radius 3 is 2.32 bits per heavy atom. The molecule has 1 N–H and O–H groups in total. The fourth-order valence-corrected chi connectivity index (χ4v) is 2.45. The third-order valence-corrected chi connectivity index (χ3v) is 3.46. The number of aromatic nitrogens is 2. The molecular formula is C12H12F3N3O3S. The lowest BCUT2D eigenvalue weighted by atomic mass is 10.1. The van der Waals surface area contributed by atoms with Crippen molar-refractivity contribution in [1.82, 2.24) is 14.9 Å². The van der Waals surface area contributed by atoms with E-state index in [9.17, 15) is 21.6 Å². The van der Waals surface area contributed by atoms with Crippen LogP contribution in [0.25, 0.3) is 11.4 Å². The number of nitrogens with one attached hydrogen (secondary N) is 1. The predicted molar refractivity (Wildman–Crippen MR) is 71.1 cm³/mol. The molecule has 1 atom stereocenters. The van der Waals surface area contributed by atoms with Crippen molar-refractivity contribution in [3.05, 3.63) is 35.7 Å². The minimum absolute atomic E-state index is 0.0142. The summed E-state index contributed by atoms with van der Waals surface area (Å²) in [5.41, 5.74) is -0.457. The van der Waals surface area contributed by atoms with Crippen molar-refractivity contribution in [3.63, 3.8) is 0 Å². The van der Waals surface area contributed by atoms with Crippen LogP contribution < -0.4 is 4.72 Å². The first-order valence-electron chi connectivity index (χ1n) is 6.05. The van der Waals surface area contributed by atoms with Crippen LogP contribution in [0.4, 0.5) is 13.2 Å². The molecule has 0 aliphatic rings. The van der Waals surface area contributed by atoms with E-state index in [2.05, 4.69) is 14.9 Å². The second-order valence-corrected chi connectivity index (χ2v) is 6.42. The first-order valence-corrected chi connectivity index (χ1v) is 7.94. The number of benzene rings is 1. The van der Waals surface area contributed by atoms with Crippen molar-refractivity contribution < 1.29 is 26.1 Å². The minimum Gasteiger partial charge on any atom is -0.337 e. The molecule has 10 heteroatoms. The van der Waals surface area contributed by atoms with Crippen LogP contribution in [-0.4, -0.2) is 24.8 Å². The van der Waals surface area contributed by atoms with Gasteiger partial charge >= 0.3 is 6.18 Å². The van der Waals surface area contributed by atoms with Crippen LogP contribution in [0, 0.1) is 0 Å². The zero-order valence-corrected chi connectivity index (χ0v) is 12.4. The maximum atomic E-state index is 12.5. The Labute approximate surface area is 124 Å². The van der Waals surface area contributed by atoms with Crippen molar-refractivity contribution in [2.75, 3.05) is 6.26 Å². The minimum atomic E-state index is -4.42. The van der Waals surface area contributed by atoms with E-state index >= 15 is 0 Å². The summed E-state index contributed by atoms with van der Waals surface area (Å²) in [6, 6.07) is 3.50. The summed E-state index contributed by atoms with van der Waals surface area (Å²) in [6.45, 7) is 1.51. The number of nitrogens with zero attached hydrogens (tertiary/aromatic N) is 2. The van der Waals surface area contributed by atoms with Crippen LogP contribution in [0.1, 0.15) is 24.4 Å². The summed E-state index contributed by atoms with van der Waals surface area (Å²) in [5, 5.41) is 3.63. The molecule has 1 aromatic carbocycles. The highest BCUT2D eigenvalue weighted by molar-refractivity contribution is 7.88. The maximum Gasteiger partial charge on any atom is 0.416 e. The van der Waals surface area contributed by atoms with E-state index in [4.69, 9.17) is 4.52 Å². The summed E-state index contributed by atoms with van der Waals surface area (Å²) in [5.74, 6) is 0.0891. The second kappa shape index (κ2) is 5.69. The molecule has 22 heavy (non-hydrogen) atoms. The SMILES string of the molecule is C[C@H](NS(C)(=O)=O)c1nc(-c2ccc(C(F)(F)F)cc2)no1. The van der Waals surface area contributed by atoms with Gasteiger partial charge in [-0.3, -0.25) is 0 Å². The Balaban J connectivity index is 2.21. The Bertz CT molecular complexity index is 754. The Morgan fingerprint density at radius 2 is 1.82 bits per heavy atom. The molecule has 0 radical (unpaired) electrons. The standard InChI is InChI=1S/C12H12F3N3O3S/c1-7(18-22(2,19)20)11-16-10(17-21-11)8-3-5-9(6-4-8)12(13,14)15/h3-7,18H,1-2H3/t7-/m0/s1. The van der Waals surface area contributed by atoms with Gasteiger partial charge < -0.3 is 4.52 Å². The highest BCUT2D eigenvalue weighted by Crippen LogP contribution is 2.30. The van der Waals surface area contributed by atoms with Gasteiger partial charge in [0.15, 0.2) is 0 Å². The van der Waals surface area contributed by atoms with Crippen LogP contribution in [0.15, 0.2) is 28.8 Å². The molecule has 1 aromatic heterocycles. The van der Waals surface area contributed by atoms with Gasteiger partial charge in [-0.25, -0.2) is 13.1 Å². The fraction of sp³-hybridized carbons (Fsp3) is 0.333. The highest BCUT2D eigenvalue weighted by Gasteiger charge is 2.30. The van der Waals surface area contributed by atoms with Gasteiger partial charge in [-0.15, -0.1) is 0 Å². The van der Waals surface area contributed by atoms with Gasteiger partial charge in [0.2, 0.25) is 21.7 Å². The summed E-state index contributed by atoms with van der Waals surface area (Å²) in [7, 11) is -3.45. The summed E-state index contributed by atoms with van der Waals surface area (Å²) in [6.07, 6.45) is -3.44. The lowest BCUT2D eigenvalue weighted by Crippen LogP contribution is -2.25. The normalized spacial score (nSPS) is 14.0. The maximum absolute atomic E-state index is 12.5. The third-order valence-electron chi connectivity index (χ3n) is 2.67. The topological polar surface area (TPSA) is 85.1 Å². The molecule has 6 nitrogen and oxygen atoms in total. The van der Waals surface area contributed by atoms with Crippen molar-refractivity contribution in [2.45, 2.75) is 19.1 Å². The number of alkyl halides is 3. The first-order chi connectivity index (χ1) is 10.1. The molecule has 0 fully saturated rings. The van der Waals surface area contributed by atoms with Crippen molar-refractivity contribution in [1.29, 1.82) is 0 Å². The Kier molecular flexibility index (Phi) is 4.25. The van der Waals surface area contributed by atoms with Crippen molar-refractivity contribution in [2.24, 2.45) is 0 Å². The van der Waals surface area contributed by atoms with Gasteiger partial charge in [-0.2, -0.15) is 18.2 Å². The van der Waals surface area contributed by atoms with E-state index in [1.807, 2.05) is 0 Å². The summed E-state index contributed by atoms with van der Waals surface area (Å²) in [4.78, 5) is 3.97. The average molecular weight is 335 g/mol. The van der Waals surface area contributed by atoms with Crippen LogP contribution >= 0.6 is 0 Å². The molecule has 0 bridgehead atoms. The smallest absolute Gasteiger partial charge is 0.337 e.